The van der Waals surface area contributed by atoms with E-state index in [1.54, 1.807) is 0 Å². The maximum Gasteiger partial charge on any atom is 0.174 e. The Bertz CT molecular complexity index is 826. The quantitative estimate of drug-likeness (QED) is 0.646. The predicted octanol–water partition coefficient (Wildman–Crippen LogP) is 1.56. The minimum absolute atomic E-state index is 0.0174. The lowest BCUT2D eigenvalue weighted by atomic mass is 10.1. The number of nitrogens with one attached hydrogen (secondary N) is 2. The molecule has 19 heavy (non-hydrogen) atoms. The number of hydrogen-bond acceptors (Lipinski definition) is 4. The second-order valence-electron chi connectivity index (χ2n) is 4.16. The van der Waals surface area contributed by atoms with Crippen LogP contribution in [0.15, 0.2) is 42.7 Å². The van der Waals surface area contributed by atoms with Gasteiger partial charge < -0.3 is 10.7 Å². The van der Waals surface area contributed by atoms with E-state index in [2.05, 4.69) is 15.0 Å². The molecular formula is C14H13N5. The van der Waals surface area contributed by atoms with Crippen LogP contribution in [-0.2, 0) is 6.54 Å². The molecule has 4 N–H and O–H groups in total. The van der Waals surface area contributed by atoms with Crippen molar-refractivity contribution in [1.29, 1.82) is 5.41 Å². The molecule has 3 aromatic rings. The third kappa shape index (κ3) is 2.00. The van der Waals surface area contributed by atoms with Crippen molar-refractivity contribution in [2.75, 3.05) is 0 Å². The normalized spacial score (nSPS) is 11.5. The van der Waals surface area contributed by atoms with E-state index in [-0.39, 0.29) is 11.8 Å². The van der Waals surface area contributed by atoms with Gasteiger partial charge in [-0.15, -0.1) is 0 Å². The lowest BCUT2D eigenvalue weighted by Gasteiger charge is -2.07. The maximum atomic E-state index is 7.88. The van der Waals surface area contributed by atoms with Gasteiger partial charge in [-0.3, -0.25) is 5.41 Å². The summed E-state index contributed by atoms with van der Waals surface area (Å²) in [5.41, 5.74) is 9.32. The fourth-order valence-electron chi connectivity index (χ4n) is 2.02. The van der Waals surface area contributed by atoms with Crippen molar-refractivity contribution < 1.29 is 1.37 Å². The standard InChI is InChI=1S/C14H13N5/c15-7-10-6-11(9-4-2-1-3-5-9)19-13-12(10)17-8-18-14(13)16/h1-6,8H,7,15H2,(H2,16,17,18)/i8D. The maximum absolute atomic E-state index is 7.88. The van der Waals surface area contributed by atoms with Crippen molar-refractivity contribution in [3.63, 3.8) is 0 Å². The van der Waals surface area contributed by atoms with E-state index in [1.165, 1.54) is 0 Å². The molecule has 2 aromatic heterocycles. The van der Waals surface area contributed by atoms with E-state index < -0.39 is 0 Å². The number of benzene rings is 1. The summed E-state index contributed by atoms with van der Waals surface area (Å²) in [6.45, 7) is 0.304. The monoisotopic (exact) mass is 252 g/mol. The first-order valence-electron chi connectivity index (χ1n) is 6.39. The molecule has 0 spiro atoms. The second-order valence-corrected chi connectivity index (χ2v) is 4.16. The van der Waals surface area contributed by atoms with Crippen LogP contribution in [0.4, 0.5) is 0 Å². The predicted molar refractivity (Wildman–Crippen MR) is 73.1 cm³/mol. The number of fused-ring (bicyclic) bond motifs is 1. The largest absolute Gasteiger partial charge is 0.344 e. The highest BCUT2D eigenvalue weighted by Crippen LogP contribution is 2.21. The molecule has 0 saturated carbocycles. The lowest BCUT2D eigenvalue weighted by molar-refractivity contribution is 1.03. The third-order valence-electron chi connectivity index (χ3n) is 2.96. The molecule has 94 valence electrons. The average molecular weight is 252 g/mol. The molecule has 0 aliphatic heterocycles. The molecule has 0 fully saturated rings. The Morgan fingerprint density at radius 2 is 2.11 bits per heavy atom. The Hall–Kier alpha value is -2.53. The molecule has 0 atom stereocenters. The zero-order valence-corrected chi connectivity index (χ0v) is 10.1. The minimum atomic E-state index is -0.0635. The molecule has 0 saturated heterocycles. The molecule has 0 aliphatic rings. The highest BCUT2D eigenvalue weighted by Gasteiger charge is 2.08. The van der Waals surface area contributed by atoms with E-state index in [0.29, 0.717) is 17.6 Å². The van der Waals surface area contributed by atoms with Gasteiger partial charge >= 0.3 is 0 Å². The summed E-state index contributed by atoms with van der Waals surface area (Å²) in [6.07, 6.45) is -0.0635. The highest BCUT2D eigenvalue weighted by molar-refractivity contribution is 5.80. The first kappa shape index (κ1) is 10.4. The molecule has 0 radical (unpaired) electrons. The molecular weight excluding hydrogens is 238 g/mol. The minimum Gasteiger partial charge on any atom is -0.344 e. The summed E-state index contributed by atoms with van der Waals surface area (Å²) in [7, 11) is 0. The fourth-order valence-corrected chi connectivity index (χ4v) is 2.02. The van der Waals surface area contributed by atoms with Crippen molar-refractivity contribution in [1.82, 2.24) is 15.0 Å². The van der Waals surface area contributed by atoms with E-state index in [1.807, 2.05) is 36.4 Å². The number of aromatic nitrogens is 3. The van der Waals surface area contributed by atoms with Crippen LogP contribution in [0.1, 0.15) is 6.93 Å². The van der Waals surface area contributed by atoms with Crippen LogP contribution < -0.4 is 11.2 Å². The van der Waals surface area contributed by atoms with E-state index >= 15 is 0 Å². The van der Waals surface area contributed by atoms with Gasteiger partial charge in [-0.2, -0.15) is 0 Å². The number of nitrogens with zero attached hydrogens (tertiary/aromatic N) is 2. The van der Waals surface area contributed by atoms with Gasteiger partial charge in [0.25, 0.3) is 0 Å². The van der Waals surface area contributed by atoms with Gasteiger partial charge in [-0.25, -0.2) is 9.97 Å². The van der Waals surface area contributed by atoms with E-state index in [9.17, 15) is 0 Å². The van der Waals surface area contributed by atoms with E-state index in [4.69, 9.17) is 12.5 Å². The molecule has 0 amide bonds. The number of H-pyrrole nitrogens is 1. The highest BCUT2D eigenvalue weighted by atomic mass is 14.9. The van der Waals surface area contributed by atoms with Crippen LogP contribution in [0.25, 0.3) is 22.3 Å². The lowest BCUT2D eigenvalue weighted by Crippen LogP contribution is -2.11. The van der Waals surface area contributed by atoms with Crippen LogP contribution in [0.5, 0.6) is 0 Å². The number of nitrogens with two attached hydrogens (primary N) is 1. The summed E-state index contributed by atoms with van der Waals surface area (Å²) in [5.74, 6) is 0. The molecule has 2 heterocycles. The van der Waals surface area contributed by atoms with Gasteiger partial charge in [0.2, 0.25) is 0 Å². The van der Waals surface area contributed by atoms with Crippen LogP contribution in [0.2, 0.25) is 0 Å². The summed E-state index contributed by atoms with van der Waals surface area (Å²) in [4.78, 5) is 11.1. The summed E-state index contributed by atoms with van der Waals surface area (Å²) < 4.78 is 7.55. The van der Waals surface area contributed by atoms with Crippen molar-refractivity contribution in [3.8, 4) is 11.3 Å². The topological polar surface area (TPSA) is 91.4 Å². The molecule has 3 rings (SSSR count). The zero-order chi connectivity index (χ0) is 14.1. The van der Waals surface area contributed by atoms with E-state index in [0.717, 1.165) is 16.8 Å². The molecule has 0 aliphatic carbocycles. The smallest absolute Gasteiger partial charge is 0.174 e. The molecule has 5 nitrogen and oxygen atoms in total. The summed E-state index contributed by atoms with van der Waals surface area (Å²) in [6, 6.07) is 11.6. The Morgan fingerprint density at radius 3 is 2.84 bits per heavy atom. The number of hydrogen-bond donors (Lipinski definition) is 3. The summed E-state index contributed by atoms with van der Waals surface area (Å²) >= 11 is 0. The SMILES string of the molecule is [2H]c1nc(=N)c2nc(-c3ccccc3)cc(CN)c2[nH]1. The fraction of sp³-hybridized carbons (Fsp3) is 0.0714. The molecule has 1 aromatic carbocycles. The zero-order valence-electron chi connectivity index (χ0n) is 11.1. The number of pyridine rings is 1. The van der Waals surface area contributed by atoms with Crippen molar-refractivity contribution in [3.05, 3.63) is 53.8 Å². The van der Waals surface area contributed by atoms with Gasteiger partial charge in [-0.05, 0) is 11.6 Å². The number of rotatable bonds is 2. The van der Waals surface area contributed by atoms with Crippen molar-refractivity contribution >= 4 is 11.0 Å². The van der Waals surface area contributed by atoms with Gasteiger partial charge in [0.05, 0.1) is 17.5 Å². The van der Waals surface area contributed by atoms with Gasteiger partial charge in [0.1, 0.15) is 6.89 Å². The first-order valence-corrected chi connectivity index (χ1v) is 5.89. The van der Waals surface area contributed by atoms with Crippen molar-refractivity contribution in [2.45, 2.75) is 6.54 Å². The Balaban J connectivity index is 2.35. The van der Waals surface area contributed by atoms with Crippen LogP contribution in [0, 0.1) is 5.41 Å². The molecule has 5 heteroatoms. The van der Waals surface area contributed by atoms with Crippen molar-refractivity contribution in [2.24, 2.45) is 5.73 Å². The third-order valence-corrected chi connectivity index (χ3v) is 2.96. The Morgan fingerprint density at radius 1 is 1.32 bits per heavy atom. The van der Waals surface area contributed by atoms with Gasteiger partial charge in [-0.1, -0.05) is 30.3 Å². The average Bonchev–Trinajstić information content (AvgIpc) is 2.47. The first-order chi connectivity index (χ1) is 9.69. The summed E-state index contributed by atoms with van der Waals surface area (Å²) in [5, 5.41) is 7.88. The second kappa shape index (κ2) is 4.62. The van der Waals surface area contributed by atoms with Gasteiger partial charge in [0, 0.05) is 12.1 Å². The van der Waals surface area contributed by atoms with Crippen LogP contribution >= 0.6 is 0 Å². The Kier molecular flexibility index (Phi) is 2.53. The molecule has 0 unspecified atom stereocenters. The molecule has 0 bridgehead atoms. The number of aromatic amines is 1. The Labute approximate surface area is 111 Å². The van der Waals surface area contributed by atoms with Gasteiger partial charge in [0.15, 0.2) is 5.49 Å². The van der Waals surface area contributed by atoms with Crippen LogP contribution in [-0.4, -0.2) is 15.0 Å². The van der Waals surface area contributed by atoms with Crippen LogP contribution in [0.3, 0.4) is 0 Å².